The molecular formula is C20H17NO5S. The van der Waals surface area contributed by atoms with Gasteiger partial charge in [0.2, 0.25) is 0 Å². The van der Waals surface area contributed by atoms with Gasteiger partial charge in [-0.15, -0.1) is 0 Å². The summed E-state index contributed by atoms with van der Waals surface area (Å²) >= 11 is 1.15. The van der Waals surface area contributed by atoms with Gasteiger partial charge in [0.05, 0.1) is 19.1 Å². The fourth-order valence-electron chi connectivity index (χ4n) is 2.44. The van der Waals surface area contributed by atoms with E-state index >= 15 is 0 Å². The van der Waals surface area contributed by atoms with Gasteiger partial charge in [-0.05, 0) is 35.9 Å². The summed E-state index contributed by atoms with van der Waals surface area (Å²) in [5, 5.41) is 20.3. The number of carbonyl (C=O) groups is 1. The lowest BCUT2D eigenvalue weighted by atomic mass is 10.1. The maximum atomic E-state index is 12.2. The maximum Gasteiger partial charge on any atom is 0.344 e. The number of hydrogen-bond donors (Lipinski definition) is 2. The third-order valence-electron chi connectivity index (χ3n) is 3.78. The minimum atomic E-state index is -0.678. The quantitative estimate of drug-likeness (QED) is 0.769. The SMILES string of the molecule is COC(=O)C1=C(O)C(=Cc2ccc(O)cc2)SC1=Nc1ccccc1OC. The zero-order chi connectivity index (χ0) is 19.4. The summed E-state index contributed by atoms with van der Waals surface area (Å²) in [4.78, 5) is 17.1. The average molecular weight is 383 g/mol. The first-order valence-corrected chi connectivity index (χ1v) is 8.77. The average Bonchev–Trinajstić information content (AvgIpc) is 2.98. The van der Waals surface area contributed by atoms with Crippen LogP contribution in [0.15, 0.2) is 69.8 Å². The van der Waals surface area contributed by atoms with Crippen molar-refractivity contribution >= 4 is 34.5 Å². The number of aromatic hydroxyl groups is 1. The Hall–Kier alpha value is -3.19. The van der Waals surface area contributed by atoms with Crippen LogP contribution in [0.1, 0.15) is 5.56 Å². The molecule has 0 radical (unpaired) electrons. The summed E-state index contributed by atoms with van der Waals surface area (Å²) in [5.74, 6) is -0.189. The van der Waals surface area contributed by atoms with Crippen LogP contribution in [-0.4, -0.2) is 35.4 Å². The largest absolute Gasteiger partial charge is 0.508 e. The standard InChI is InChI=1S/C20H17NO5S/c1-25-15-6-4-3-5-14(15)21-19-17(20(24)26-2)18(23)16(27-19)11-12-7-9-13(22)10-8-12/h3-11,22-23H,1-2H3. The highest BCUT2D eigenvalue weighted by Crippen LogP contribution is 2.41. The molecule has 2 aromatic carbocycles. The van der Waals surface area contributed by atoms with Crippen molar-refractivity contribution in [1.82, 2.24) is 0 Å². The van der Waals surface area contributed by atoms with Crippen molar-refractivity contribution in [3.63, 3.8) is 0 Å². The Balaban J connectivity index is 2.06. The number of rotatable bonds is 4. The van der Waals surface area contributed by atoms with Crippen molar-refractivity contribution in [2.75, 3.05) is 14.2 Å². The molecule has 2 aromatic rings. The predicted octanol–water partition coefficient (Wildman–Crippen LogP) is 4.20. The van der Waals surface area contributed by atoms with E-state index in [-0.39, 0.29) is 17.1 Å². The number of aliphatic hydroxyl groups is 1. The van der Waals surface area contributed by atoms with Gasteiger partial charge in [0.15, 0.2) is 0 Å². The number of esters is 1. The molecule has 0 spiro atoms. The Morgan fingerprint density at radius 3 is 2.44 bits per heavy atom. The smallest absolute Gasteiger partial charge is 0.344 e. The molecule has 0 aromatic heterocycles. The third-order valence-corrected chi connectivity index (χ3v) is 4.80. The first-order valence-electron chi connectivity index (χ1n) is 7.96. The molecule has 6 nitrogen and oxygen atoms in total. The number of phenols is 1. The van der Waals surface area contributed by atoms with E-state index in [0.717, 1.165) is 17.3 Å². The minimum absolute atomic E-state index is 0.00145. The van der Waals surface area contributed by atoms with E-state index < -0.39 is 5.97 Å². The minimum Gasteiger partial charge on any atom is -0.508 e. The Morgan fingerprint density at radius 1 is 1.07 bits per heavy atom. The molecule has 1 heterocycles. The van der Waals surface area contributed by atoms with Crippen LogP contribution >= 0.6 is 11.8 Å². The molecule has 1 aliphatic heterocycles. The molecule has 1 aliphatic rings. The molecule has 0 aliphatic carbocycles. The summed E-state index contributed by atoms with van der Waals surface area (Å²) in [6.45, 7) is 0. The Labute approximate surface area is 160 Å². The highest BCUT2D eigenvalue weighted by atomic mass is 32.2. The Morgan fingerprint density at radius 2 is 1.78 bits per heavy atom. The molecule has 0 saturated carbocycles. The second kappa shape index (κ2) is 8.01. The van der Waals surface area contributed by atoms with Gasteiger partial charge in [0.25, 0.3) is 0 Å². The van der Waals surface area contributed by atoms with E-state index in [9.17, 15) is 15.0 Å². The van der Waals surface area contributed by atoms with E-state index in [1.165, 1.54) is 26.4 Å². The highest BCUT2D eigenvalue weighted by Gasteiger charge is 2.33. The van der Waals surface area contributed by atoms with Crippen molar-refractivity contribution in [3.8, 4) is 11.5 Å². The zero-order valence-electron chi connectivity index (χ0n) is 14.7. The number of carbonyl (C=O) groups excluding carboxylic acids is 1. The van der Waals surface area contributed by atoms with Crippen molar-refractivity contribution < 1.29 is 24.5 Å². The number of aliphatic hydroxyl groups excluding tert-OH is 1. The second-order valence-electron chi connectivity index (χ2n) is 5.51. The number of hydrogen-bond acceptors (Lipinski definition) is 7. The molecule has 0 unspecified atom stereocenters. The van der Waals surface area contributed by atoms with Gasteiger partial charge in [-0.1, -0.05) is 36.0 Å². The van der Waals surface area contributed by atoms with Crippen molar-refractivity contribution in [1.29, 1.82) is 0 Å². The van der Waals surface area contributed by atoms with Gasteiger partial charge >= 0.3 is 5.97 Å². The van der Waals surface area contributed by atoms with Gasteiger partial charge < -0.3 is 19.7 Å². The number of benzene rings is 2. The normalized spacial score (nSPS) is 16.8. The van der Waals surface area contributed by atoms with E-state index in [1.54, 1.807) is 36.4 Å². The van der Waals surface area contributed by atoms with Crippen LogP contribution in [0.5, 0.6) is 11.5 Å². The number of ether oxygens (including phenoxy) is 2. The van der Waals surface area contributed by atoms with Crippen LogP contribution in [-0.2, 0) is 9.53 Å². The van der Waals surface area contributed by atoms with E-state index in [1.807, 2.05) is 6.07 Å². The van der Waals surface area contributed by atoms with Crippen LogP contribution in [0, 0.1) is 0 Å². The fraction of sp³-hybridized carbons (Fsp3) is 0.100. The summed E-state index contributed by atoms with van der Waals surface area (Å²) in [6, 6.07) is 13.6. The predicted molar refractivity (Wildman–Crippen MR) is 105 cm³/mol. The molecular weight excluding hydrogens is 366 g/mol. The summed E-state index contributed by atoms with van der Waals surface area (Å²) in [6.07, 6.45) is 1.70. The fourth-order valence-corrected chi connectivity index (χ4v) is 3.47. The molecule has 0 atom stereocenters. The van der Waals surface area contributed by atoms with E-state index in [2.05, 4.69) is 4.99 Å². The van der Waals surface area contributed by atoms with Crippen LogP contribution in [0.2, 0.25) is 0 Å². The lowest BCUT2D eigenvalue weighted by Gasteiger charge is -2.05. The summed E-state index contributed by atoms with van der Waals surface area (Å²) < 4.78 is 10.1. The monoisotopic (exact) mass is 383 g/mol. The zero-order valence-corrected chi connectivity index (χ0v) is 15.5. The van der Waals surface area contributed by atoms with Gasteiger partial charge in [-0.25, -0.2) is 9.79 Å². The lowest BCUT2D eigenvalue weighted by Crippen LogP contribution is -2.10. The van der Waals surface area contributed by atoms with Crippen LogP contribution < -0.4 is 4.74 Å². The third kappa shape index (κ3) is 3.98. The maximum absolute atomic E-state index is 12.2. The number of aliphatic imine (C=N–C) groups is 1. The first kappa shape index (κ1) is 18.6. The molecule has 0 amide bonds. The van der Waals surface area contributed by atoms with E-state index in [0.29, 0.717) is 21.4 Å². The highest BCUT2D eigenvalue weighted by molar-refractivity contribution is 8.18. The van der Waals surface area contributed by atoms with Crippen molar-refractivity contribution in [2.24, 2.45) is 4.99 Å². The molecule has 0 fully saturated rings. The van der Waals surface area contributed by atoms with Gasteiger partial charge in [0, 0.05) is 0 Å². The van der Waals surface area contributed by atoms with Crippen LogP contribution in [0.25, 0.3) is 6.08 Å². The summed E-state index contributed by atoms with van der Waals surface area (Å²) in [5.41, 5.74) is 1.28. The van der Waals surface area contributed by atoms with Crippen LogP contribution in [0.3, 0.4) is 0 Å². The molecule has 3 rings (SSSR count). The summed E-state index contributed by atoms with van der Waals surface area (Å²) in [7, 11) is 2.78. The molecule has 138 valence electrons. The van der Waals surface area contributed by atoms with Gasteiger partial charge in [-0.3, -0.25) is 0 Å². The van der Waals surface area contributed by atoms with Gasteiger partial charge in [0.1, 0.15) is 33.6 Å². The number of nitrogens with zero attached hydrogens (tertiary/aromatic N) is 1. The molecule has 0 saturated heterocycles. The van der Waals surface area contributed by atoms with Crippen LogP contribution in [0.4, 0.5) is 5.69 Å². The number of para-hydroxylation sites is 2. The number of thioether (sulfide) groups is 1. The Bertz CT molecular complexity index is 961. The Kier molecular flexibility index (Phi) is 5.52. The molecule has 7 heteroatoms. The second-order valence-corrected chi connectivity index (χ2v) is 6.54. The first-order chi connectivity index (χ1) is 13.0. The van der Waals surface area contributed by atoms with Crippen molar-refractivity contribution in [2.45, 2.75) is 0 Å². The molecule has 2 N–H and O–H groups in total. The lowest BCUT2D eigenvalue weighted by molar-refractivity contribution is -0.135. The van der Waals surface area contributed by atoms with Gasteiger partial charge in [-0.2, -0.15) is 0 Å². The molecule has 0 bridgehead atoms. The topological polar surface area (TPSA) is 88.4 Å². The molecule has 27 heavy (non-hydrogen) atoms. The number of methoxy groups -OCH3 is 2. The van der Waals surface area contributed by atoms with Crippen molar-refractivity contribution in [3.05, 3.63) is 70.3 Å². The van der Waals surface area contributed by atoms with E-state index in [4.69, 9.17) is 9.47 Å². The number of phenolic OH excluding ortho intramolecular Hbond substituents is 1.